The average Bonchev–Trinajstić information content (AvgIpc) is 3.22. The van der Waals surface area contributed by atoms with Crippen LogP contribution in [0.4, 0.5) is 0 Å². The van der Waals surface area contributed by atoms with Crippen LogP contribution in [0.3, 0.4) is 0 Å². The van der Waals surface area contributed by atoms with Gasteiger partial charge in [-0.15, -0.1) is 0 Å². The topological polar surface area (TPSA) is 35.5 Å². The molecule has 0 bridgehead atoms. The van der Waals surface area contributed by atoms with Crippen LogP contribution < -0.4 is 5.32 Å². The van der Waals surface area contributed by atoms with Crippen LogP contribution in [-0.2, 0) is 0 Å². The van der Waals surface area contributed by atoms with Gasteiger partial charge in [0.1, 0.15) is 0 Å². The fourth-order valence-corrected chi connectivity index (χ4v) is 2.73. The number of aliphatic hydroxyl groups is 1. The highest BCUT2D eigenvalue weighted by Gasteiger charge is 2.33. The van der Waals surface area contributed by atoms with Crippen molar-refractivity contribution in [1.82, 2.24) is 10.2 Å². The maximum absolute atomic E-state index is 9.52. The van der Waals surface area contributed by atoms with E-state index < -0.39 is 0 Å². The molecule has 106 valence electrons. The lowest BCUT2D eigenvalue weighted by molar-refractivity contribution is 0.113. The highest BCUT2D eigenvalue weighted by molar-refractivity contribution is 4.90. The first-order valence-electron chi connectivity index (χ1n) is 7.60. The number of aliphatic hydroxyl groups excluding tert-OH is 1. The molecule has 2 aliphatic rings. The van der Waals surface area contributed by atoms with E-state index in [9.17, 15) is 5.11 Å². The molecule has 3 nitrogen and oxygen atoms in total. The molecule has 0 amide bonds. The van der Waals surface area contributed by atoms with Crippen molar-refractivity contribution in [2.75, 3.05) is 26.7 Å². The van der Waals surface area contributed by atoms with Gasteiger partial charge in [0, 0.05) is 24.7 Å². The van der Waals surface area contributed by atoms with Crippen LogP contribution in [0, 0.1) is 11.8 Å². The van der Waals surface area contributed by atoms with Gasteiger partial charge in [0.15, 0.2) is 0 Å². The summed E-state index contributed by atoms with van der Waals surface area (Å²) in [6, 6.07) is 0.566. The Kier molecular flexibility index (Phi) is 4.68. The minimum absolute atomic E-state index is 0.134. The summed E-state index contributed by atoms with van der Waals surface area (Å²) < 4.78 is 0. The smallest absolute Gasteiger partial charge is 0.0611 e. The van der Waals surface area contributed by atoms with Crippen molar-refractivity contribution in [3.63, 3.8) is 0 Å². The summed E-state index contributed by atoms with van der Waals surface area (Å²) in [5, 5.41) is 12.8. The Morgan fingerprint density at radius 3 is 2.06 bits per heavy atom. The maximum Gasteiger partial charge on any atom is 0.0611 e. The second kappa shape index (κ2) is 5.89. The quantitative estimate of drug-likeness (QED) is 0.659. The van der Waals surface area contributed by atoms with E-state index in [0.29, 0.717) is 6.04 Å². The molecule has 0 heterocycles. The van der Waals surface area contributed by atoms with Crippen LogP contribution in [0.15, 0.2) is 0 Å². The molecule has 3 heteroatoms. The Morgan fingerprint density at radius 1 is 1.22 bits per heavy atom. The Labute approximate surface area is 112 Å². The second-order valence-corrected chi connectivity index (χ2v) is 6.86. The van der Waals surface area contributed by atoms with Crippen molar-refractivity contribution in [1.29, 1.82) is 0 Å². The molecular weight excluding hydrogens is 224 g/mol. The molecule has 2 aliphatic carbocycles. The molecule has 0 saturated heterocycles. The van der Waals surface area contributed by atoms with E-state index in [-0.39, 0.29) is 12.1 Å². The van der Waals surface area contributed by atoms with Crippen molar-refractivity contribution >= 4 is 0 Å². The molecule has 2 N–H and O–H groups in total. The van der Waals surface area contributed by atoms with Crippen LogP contribution >= 0.6 is 0 Å². The van der Waals surface area contributed by atoms with Gasteiger partial charge < -0.3 is 15.3 Å². The zero-order chi connectivity index (χ0) is 13.2. The van der Waals surface area contributed by atoms with Crippen LogP contribution in [-0.4, -0.2) is 48.3 Å². The van der Waals surface area contributed by atoms with Crippen molar-refractivity contribution in [2.45, 2.75) is 57.5 Å². The summed E-state index contributed by atoms with van der Waals surface area (Å²) in [5.74, 6) is 1.92. The van der Waals surface area contributed by atoms with E-state index in [1.54, 1.807) is 0 Å². The Balaban J connectivity index is 1.86. The molecule has 18 heavy (non-hydrogen) atoms. The van der Waals surface area contributed by atoms with Gasteiger partial charge in [0.25, 0.3) is 0 Å². The van der Waals surface area contributed by atoms with E-state index in [1.165, 1.54) is 38.8 Å². The standard InChI is InChI=1S/C15H30N2O/c1-12(8-15(2,11-18)16-3)17(9-13-4-5-13)10-14-6-7-14/h12-14,16,18H,4-11H2,1-3H3. The van der Waals surface area contributed by atoms with E-state index in [4.69, 9.17) is 0 Å². The molecule has 0 spiro atoms. The predicted molar refractivity (Wildman–Crippen MR) is 75.7 cm³/mol. The van der Waals surface area contributed by atoms with Crippen molar-refractivity contribution < 1.29 is 5.11 Å². The van der Waals surface area contributed by atoms with Gasteiger partial charge in [-0.3, -0.25) is 0 Å². The largest absolute Gasteiger partial charge is 0.394 e. The monoisotopic (exact) mass is 254 g/mol. The number of hydrogen-bond acceptors (Lipinski definition) is 3. The summed E-state index contributed by atoms with van der Waals surface area (Å²) in [6.45, 7) is 7.23. The fourth-order valence-electron chi connectivity index (χ4n) is 2.73. The predicted octanol–water partition coefficient (Wildman–Crippen LogP) is 1.86. The molecule has 2 atom stereocenters. The SMILES string of the molecule is CNC(C)(CO)CC(C)N(CC1CC1)CC1CC1. The molecular formula is C15H30N2O. The molecule has 0 aliphatic heterocycles. The molecule has 0 aromatic rings. The van der Waals surface area contributed by atoms with Gasteiger partial charge in [-0.1, -0.05) is 0 Å². The number of hydrogen-bond donors (Lipinski definition) is 2. The molecule has 2 rings (SSSR count). The van der Waals surface area contributed by atoms with E-state index >= 15 is 0 Å². The summed E-state index contributed by atoms with van der Waals surface area (Å²) >= 11 is 0. The Morgan fingerprint density at radius 2 is 1.72 bits per heavy atom. The first-order chi connectivity index (χ1) is 8.56. The molecule has 0 aromatic carbocycles. The number of likely N-dealkylation sites (N-methyl/N-ethyl adjacent to an activating group) is 1. The number of nitrogens with one attached hydrogen (secondary N) is 1. The minimum atomic E-state index is -0.134. The normalized spacial score (nSPS) is 25.2. The lowest BCUT2D eigenvalue weighted by Gasteiger charge is -2.36. The van der Waals surface area contributed by atoms with Gasteiger partial charge >= 0.3 is 0 Å². The zero-order valence-corrected chi connectivity index (χ0v) is 12.3. The van der Waals surface area contributed by atoms with Crippen molar-refractivity contribution in [3.05, 3.63) is 0 Å². The summed E-state index contributed by atoms with van der Waals surface area (Å²) in [5.41, 5.74) is -0.134. The van der Waals surface area contributed by atoms with Gasteiger partial charge in [0.2, 0.25) is 0 Å². The lowest BCUT2D eigenvalue weighted by Crippen LogP contribution is -2.49. The number of nitrogens with zero attached hydrogens (tertiary/aromatic N) is 1. The van der Waals surface area contributed by atoms with Gasteiger partial charge in [-0.25, -0.2) is 0 Å². The Hall–Kier alpha value is -0.120. The third-order valence-corrected chi connectivity index (χ3v) is 4.70. The lowest BCUT2D eigenvalue weighted by atomic mass is 9.93. The van der Waals surface area contributed by atoms with E-state index in [0.717, 1.165) is 18.3 Å². The summed E-state index contributed by atoms with van der Waals surface area (Å²) in [7, 11) is 1.95. The first-order valence-corrected chi connectivity index (χ1v) is 7.60. The van der Waals surface area contributed by atoms with Crippen LogP contribution in [0.2, 0.25) is 0 Å². The van der Waals surface area contributed by atoms with Gasteiger partial charge in [-0.2, -0.15) is 0 Å². The maximum atomic E-state index is 9.52. The summed E-state index contributed by atoms with van der Waals surface area (Å²) in [4.78, 5) is 2.68. The van der Waals surface area contributed by atoms with Gasteiger partial charge in [0.05, 0.1) is 6.61 Å². The van der Waals surface area contributed by atoms with Crippen LogP contribution in [0.5, 0.6) is 0 Å². The number of rotatable bonds is 9. The molecule has 2 unspecified atom stereocenters. The van der Waals surface area contributed by atoms with E-state index in [1.807, 2.05) is 7.05 Å². The molecule has 0 aromatic heterocycles. The third kappa shape index (κ3) is 4.22. The fraction of sp³-hybridized carbons (Fsp3) is 1.00. The van der Waals surface area contributed by atoms with Gasteiger partial charge in [-0.05, 0) is 64.8 Å². The van der Waals surface area contributed by atoms with Crippen molar-refractivity contribution in [2.24, 2.45) is 11.8 Å². The Bertz CT molecular complexity index is 243. The summed E-state index contributed by atoms with van der Waals surface area (Å²) in [6.07, 6.45) is 6.74. The van der Waals surface area contributed by atoms with E-state index in [2.05, 4.69) is 24.1 Å². The second-order valence-electron chi connectivity index (χ2n) is 6.86. The highest BCUT2D eigenvalue weighted by Crippen LogP contribution is 2.35. The highest BCUT2D eigenvalue weighted by atomic mass is 16.3. The van der Waals surface area contributed by atoms with Crippen LogP contribution in [0.1, 0.15) is 46.0 Å². The molecule has 2 fully saturated rings. The first kappa shape index (κ1) is 14.3. The third-order valence-electron chi connectivity index (χ3n) is 4.70. The zero-order valence-electron chi connectivity index (χ0n) is 12.3. The molecule has 0 radical (unpaired) electrons. The van der Waals surface area contributed by atoms with Crippen molar-refractivity contribution in [3.8, 4) is 0 Å². The molecule has 2 saturated carbocycles. The van der Waals surface area contributed by atoms with Crippen LogP contribution in [0.25, 0.3) is 0 Å². The average molecular weight is 254 g/mol. The minimum Gasteiger partial charge on any atom is -0.394 e.